The molecule has 1 saturated carbocycles. The summed E-state index contributed by atoms with van der Waals surface area (Å²) in [6.07, 6.45) is 9.22. The summed E-state index contributed by atoms with van der Waals surface area (Å²) in [5.41, 5.74) is 0.478. The number of aromatic nitrogens is 4. The summed E-state index contributed by atoms with van der Waals surface area (Å²) in [6, 6.07) is 10.6. The van der Waals surface area contributed by atoms with Crippen LogP contribution in [0.2, 0.25) is 5.15 Å². The largest absolute Gasteiger partial charge is 0.469 e. The third-order valence-electron chi connectivity index (χ3n) is 7.79. The molecular weight excluding hydrogens is 574 g/mol. The Morgan fingerprint density at radius 1 is 1.17 bits per heavy atom. The smallest absolute Gasteiger partial charge is 0.264 e. The minimum absolute atomic E-state index is 0.0113. The van der Waals surface area contributed by atoms with Gasteiger partial charge in [-0.2, -0.15) is 0 Å². The SMILES string of the molecule is CC1(C)C[C@H](CCCNc2cccc(SNC(=O)c3ccc(-n4ccc(OCC(=O)C5CCCC5)n4)nc3Cl)n2)CN1. The number of ether oxygens (including phenoxy) is 1. The molecule has 3 aromatic rings. The van der Waals surface area contributed by atoms with E-state index in [2.05, 4.69) is 44.3 Å². The van der Waals surface area contributed by atoms with E-state index in [4.69, 9.17) is 16.3 Å². The maximum absolute atomic E-state index is 12.8. The van der Waals surface area contributed by atoms with E-state index in [1.165, 1.54) is 17.5 Å². The Balaban J connectivity index is 1.08. The molecule has 3 N–H and O–H groups in total. The quantitative estimate of drug-likeness (QED) is 0.131. The van der Waals surface area contributed by atoms with E-state index < -0.39 is 0 Å². The van der Waals surface area contributed by atoms with E-state index in [1.807, 2.05) is 18.2 Å². The lowest BCUT2D eigenvalue weighted by molar-refractivity contribution is -0.124. The highest BCUT2D eigenvalue weighted by Crippen LogP contribution is 2.27. The van der Waals surface area contributed by atoms with Gasteiger partial charge in [-0.3, -0.25) is 14.3 Å². The summed E-state index contributed by atoms with van der Waals surface area (Å²) < 4.78 is 9.87. The number of hydrogen-bond acceptors (Lipinski definition) is 9. The van der Waals surface area contributed by atoms with Crippen LogP contribution in [0.25, 0.3) is 5.82 Å². The van der Waals surface area contributed by atoms with Crippen LogP contribution >= 0.6 is 23.5 Å². The Labute approximate surface area is 255 Å². The number of nitrogens with zero attached hydrogens (tertiary/aromatic N) is 4. The highest BCUT2D eigenvalue weighted by Gasteiger charge is 2.29. The fraction of sp³-hybridized carbons (Fsp3) is 0.500. The van der Waals surface area contributed by atoms with Crippen LogP contribution in [0.3, 0.4) is 0 Å². The van der Waals surface area contributed by atoms with E-state index in [-0.39, 0.29) is 40.5 Å². The molecule has 3 aromatic heterocycles. The van der Waals surface area contributed by atoms with Crippen LogP contribution < -0.4 is 20.1 Å². The topological polar surface area (TPSA) is 123 Å². The van der Waals surface area contributed by atoms with Crippen LogP contribution in [0.5, 0.6) is 5.88 Å². The molecule has 2 fully saturated rings. The van der Waals surface area contributed by atoms with Gasteiger partial charge in [-0.25, -0.2) is 14.6 Å². The maximum atomic E-state index is 12.8. The number of halogens is 1. The lowest BCUT2D eigenvalue weighted by Gasteiger charge is -2.17. The molecular formula is C30H38ClN7O3S. The van der Waals surface area contributed by atoms with Gasteiger partial charge >= 0.3 is 0 Å². The van der Waals surface area contributed by atoms with Crippen molar-refractivity contribution in [1.82, 2.24) is 29.8 Å². The first-order chi connectivity index (χ1) is 20.3. The summed E-state index contributed by atoms with van der Waals surface area (Å²) in [5, 5.41) is 12.0. The number of pyridine rings is 2. The highest BCUT2D eigenvalue weighted by atomic mass is 35.5. The molecule has 1 amide bonds. The van der Waals surface area contributed by atoms with Gasteiger partial charge in [0.05, 0.1) is 5.56 Å². The number of amides is 1. The number of ketones is 1. The Kier molecular flexibility index (Phi) is 10.0. The number of nitrogens with one attached hydrogen (secondary N) is 3. The number of hydrogen-bond donors (Lipinski definition) is 3. The first-order valence-electron chi connectivity index (χ1n) is 14.6. The summed E-state index contributed by atoms with van der Waals surface area (Å²) in [4.78, 5) is 34.0. The van der Waals surface area contributed by atoms with Crippen LogP contribution in [0.15, 0.2) is 47.6 Å². The molecule has 2 aliphatic rings. The lowest BCUT2D eigenvalue weighted by Crippen LogP contribution is -2.31. The molecule has 0 unspecified atom stereocenters. The van der Waals surface area contributed by atoms with Crippen molar-refractivity contribution in [3.63, 3.8) is 0 Å². The summed E-state index contributed by atoms with van der Waals surface area (Å²) in [7, 11) is 0. The minimum atomic E-state index is -0.382. The Morgan fingerprint density at radius 3 is 2.76 bits per heavy atom. The second kappa shape index (κ2) is 13.9. The molecule has 0 spiro atoms. The average Bonchev–Trinajstić information content (AvgIpc) is 3.75. The van der Waals surface area contributed by atoms with Gasteiger partial charge in [-0.05, 0) is 82.7 Å². The van der Waals surface area contributed by atoms with Crippen LogP contribution in [0.4, 0.5) is 5.82 Å². The summed E-state index contributed by atoms with van der Waals surface area (Å²) >= 11 is 7.49. The number of Topliss-reactive ketones (excluding diaryl/α,β-unsaturated/α-hetero) is 1. The summed E-state index contributed by atoms with van der Waals surface area (Å²) in [5.74, 6) is 2.08. The molecule has 12 heteroatoms. The molecule has 0 bridgehead atoms. The van der Waals surface area contributed by atoms with Crippen molar-refractivity contribution in [2.75, 3.05) is 25.0 Å². The molecule has 10 nitrogen and oxygen atoms in total. The molecule has 42 heavy (non-hydrogen) atoms. The fourth-order valence-electron chi connectivity index (χ4n) is 5.57. The predicted octanol–water partition coefficient (Wildman–Crippen LogP) is 5.47. The van der Waals surface area contributed by atoms with Gasteiger partial charge in [0, 0.05) is 42.2 Å². The predicted molar refractivity (Wildman–Crippen MR) is 164 cm³/mol. The molecule has 0 radical (unpaired) electrons. The Morgan fingerprint density at radius 2 is 2.00 bits per heavy atom. The van der Waals surface area contributed by atoms with Gasteiger partial charge in [0.2, 0.25) is 5.88 Å². The number of carbonyl (C=O) groups excluding carboxylic acids is 2. The normalized spacial score (nSPS) is 18.2. The summed E-state index contributed by atoms with van der Waals surface area (Å²) in [6.45, 7) is 6.46. The first kappa shape index (κ1) is 30.3. The molecule has 1 aliphatic carbocycles. The highest BCUT2D eigenvalue weighted by molar-refractivity contribution is 7.97. The zero-order valence-electron chi connectivity index (χ0n) is 24.1. The van der Waals surface area contributed by atoms with Gasteiger partial charge in [-0.1, -0.05) is 30.5 Å². The maximum Gasteiger partial charge on any atom is 0.264 e. The molecule has 1 atom stereocenters. The Hall–Kier alpha value is -3.15. The molecule has 1 saturated heterocycles. The number of rotatable bonds is 13. The number of carbonyl (C=O) groups is 2. The molecule has 0 aromatic carbocycles. The van der Waals surface area contributed by atoms with Crippen molar-refractivity contribution < 1.29 is 14.3 Å². The first-order valence-corrected chi connectivity index (χ1v) is 15.8. The Bertz CT molecular complexity index is 1390. The fourth-order valence-corrected chi connectivity index (χ4v) is 6.40. The van der Waals surface area contributed by atoms with Crippen molar-refractivity contribution in [1.29, 1.82) is 0 Å². The van der Waals surface area contributed by atoms with Gasteiger partial charge in [0.25, 0.3) is 5.91 Å². The van der Waals surface area contributed by atoms with Crippen LogP contribution in [0.1, 0.15) is 69.2 Å². The lowest BCUT2D eigenvalue weighted by atomic mass is 9.94. The second-order valence-corrected chi connectivity index (χ2v) is 12.8. The van der Waals surface area contributed by atoms with Crippen molar-refractivity contribution in [2.45, 2.75) is 69.4 Å². The number of anilines is 1. The van der Waals surface area contributed by atoms with Gasteiger partial charge in [0.1, 0.15) is 22.6 Å². The molecule has 5 rings (SSSR count). The second-order valence-electron chi connectivity index (χ2n) is 11.6. The van der Waals surface area contributed by atoms with E-state index in [0.29, 0.717) is 16.7 Å². The van der Waals surface area contributed by atoms with Gasteiger partial charge in [-0.15, -0.1) is 5.10 Å². The molecule has 224 valence electrons. The monoisotopic (exact) mass is 611 g/mol. The van der Waals surface area contributed by atoms with Gasteiger partial charge in [0.15, 0.2) is 11.6 Å². The van der Waals surface area contributed by atoms with Crippen LogP contribution in [-0.2, 0) is 4.79 Å². The zero-order chi connectivity index (χ0) is 29.5. The van der Waals surface area contributed by atoms with E-state index in [9.17, 15) is 9.59 Å². The van der Waals surface area contributed by atoms with Gasteiger partial charge < -0.3 is 15.4 Å². The third-order valence-corrected chi connectivity index (χ3v) is 8.80. The molecule has 1 aliphatic heterocycles. The van der Waals surface area contributed by atoms with Crippen molar-refractivity contribution >= 4 is 41.1 Å². The van der Waals surface area contributed by atoms with Crippen molar-refractivity contribution in [3.8, 4) is 11.7 Å². The van der Waals surface area contributed by atoms with E-state index in [1.54, 1.807) is 24.4 Å². The van der Waals surface area contributed by atoms with E-state index >= 15 is 0 Å². The average molecular weight is 612 g/mol. The zero-order valence-corrected chi connectivity index (χ0v) is 25.6. The third kappa shape index (κ3) is 8.23. The van der Waals surface area contributed by atoms with Crippen LogP contribution in [0, 0.1) is 11.8 Å². The van der Waals surface area contributed by atoms with E-state index in [0.717, 1.165) is 68.9 Å². The van der Waals surface area contributed by atoms with Crippen molar-refractivity contribution in [2.24, 2.45) is 11.8 Å². The standard InChI is InChI=1S/C30H38ClN7O3S/c1-30(2)17-20(18-33-30)7-6-15-32-24-10-5-11-27(34-24)42-37-29(40)22-12-13-25(35-28(22)31)38-16-14-26(36-38)41-19-23(39)21-8-3-4-9-21/h5,10-14,16,20-21,33H,3-4,6-9,15,17-19H2,1-2H3,(H,32,34)(H,37,40)/t20-/m0/s1. The van der Waals surface area contributed by atoms with Crippen molar-refractivity contribution in [3.05, 3.63) is 53.3 Å². The van der Waals surface area contributed by atoms with Crippen LogP contribution in [-0.4, -0.2) is 56.7 Å². The molecule has 4 heterocycles. The minimum Gasteiger partial charge on any atom is -0.469 e.